The van der Waals surface area contributed by atoms with Crippen LogP contribution in [0.4, 0.5) is 0 Å². The van der Waals surface area contributed by atoms with E-state index < -0.39 is 6.10 Å². The summed E-state index contributed by atoms with van der Waals surface area (Å²) in [5.74, 6) is 0.245. The normalized spacial score (nSPS) is 12.9. The number of hydrogen-bond acceptors (Lipinski definition) is 1. The molecule has 1 unspecified atom stereocenters. The molecule has 1 aromatic rings. The van der Waals surface area contributed by atoms with E-state index in [-0.39, 0.29) is 5.88 Å². The van der Waals surface area contributed by atoms with E-state index in [2.05, 4.69) is 47.8 Å². The number of rotatable bonds is 3. The lowest BCUT2D eigenvalue weighted by molar-refractivity contribution is 0.198. The molecule has 0 bridgehead atoms. The molecule has 0 fully saturated rings. The molecule has 0 radical (unpaired) electrons. The van der Waals surface area contributed by atoms with Gasteiger partial charge in [-0.25, -0.2) is 0 Å². The number of benzene rings is 1. The van der Waals surface area contributed by atoms with Crippen molar-refractivity contribution in [1.82, 2.24) is 0 Å². The number of alkyl halides is 1. The zero-order valence-corrected chi connectivity index (χ0v) is 12.6. The summed E-state index contributed by atoms with van der Waals surface area (Å²) in [5.41, 5.74) is 1.03. The molecule has 1 nitrogen and oxygen atoms in total. The first-order valence-corrected chi connectivity index (χ1v) is 6.83. The molecule has 0 aliphatic rings. The van der Waals surface area contributed by atoms with Crippen molar-refractivity contribution in [2.45, 2.75) is 12.5 Å². The van der Waals surface area contributed by atoms with E-state index in [1.54, 1.807) is 0 Å². The van der Waals surface area contributed by atoms with Crippen molar-refractivity contribution >= 4 is 59.4 Å². The molecule has 0 aliphatic heterocycles. The summed E-state index contributed by atoms with van der Waals surface area (Å²) in [6.45, 7) is 0. The second-order valence-electron chi connectivity index (χ2n) is 2.86. The largest absolute Gasteiger partial charge is 0.392 e. The third-order valence-electron chi connectivity index (χ3n) is 1.72. The standard InChI is InChI=1S/C9H8Br3ClO/c10-5-1-8(11)7(9(12)2-5)3-6(14)4-13/h1-2,6,14H,3-4H2. The Hall–Kier alpha value is 0.910. The van der Waals surface area contributed by atoms with Gasteiger partial charge in [0.05, 0.1) is 6.10 Å². The van der Waals surface area contributed by atoms with Gasteiger partial charge in [0.2, 0.25) is 0 Å². The van der Waals surface area contributed by atoms with E-state index in [0.717, 1.165) is 19.0 Å². The average Bonchev–Trinajstić information content (AvgIpc) is 2.10. The first kappa shape index (κ1) is 13.0. The molecule has 0 aromatic heterocycles. The molecule has 1 atom stereocenters. The van der Waals surface area contributed by atoms with Gasteiger partial charge in [-0.3, -0.25) is 0 Å². The third kappa shape index (κ3) is 3.49. The van der Waals surface area contributed by atoms with E-state index in [9.17, 15) is 5.11 Å². The van der Waals surface area contributed by atoms with Crippen LogP contribution < -0.4 is 0 Å². The number of halogens is 4. The van der Waals surface area contributed by atoms with Gasteiger partial charge in [0.15, 0.2) is 0 Å². The zero-order valence-electron chi connectivity index (χ0n) is 7.11. The highest BCUT2D eigenvalue weighted by molar-refractivity contribution is 9.11. The van der Waals surface area contributed by atoms with Crippen LogP contribution in [-0.4, -0.2) is 17.1 Å². The van der Waals surface area contributed by atoms with Gasteiger partial charge in [-0.1, -0.05) is 47.8 Å². The molecule has 1 rings (SSSR count). The lowest BCUT2D eigenvalue weighted by atomic mass is 10.1. The van der Waals surface area contributed by atoms with E-state index in [1.807, 2.05) is 12.1 Å². The van der Waals surface area contributed by atoms with Crippen molar-refractivity contribution in [3.05, 3.63) is 31.1 Å². The van der Waals surface area contributed by atoms with Gasteiger partial charge in [0, 0.05) is 25.7 Å². The number of aliphatic hydroxyl groups excluding tert-OH is 1. The van der Waals surface area contributed by atoms with Crippen LogP contribution in [0.2, 0.25) is 0 Å². The van der Waals surface area contributed by atoms with E-state index in [1.165, 1.54) is 0 Å². The highest BCUT2D eigenvalue weighted by Crippen LogP contribution is 2.30. The quantitative estimate of drug-likeness (QED) is 0.748. The Kier molecular flexibility index (Phi) is 5.42. The summed E-state index contributed by atoms with van der Waals surface area (Å²) in [5, 5.41) is 9.44. The van der Waals surface area contributed by atoms with Crippen molar-refractivity contribution in [3.63, 3.8) is 0 Å². The van der Waals surface area contributed by atoms with Crippen molar-refractivity contribution in [2.75, 3.05) is 5.88 Å². The Balaban J connectivity index is 2.96. The first-order valence-electron chi connectivity index (χ1n) is 3.92. The fourth-order valence-electron chi connectivity index (χ4n) is 1.06. The molecule has 1 N–H and O–H groups in total. The van der Waals surface area contributed by atoms with Gasteiger partial charge >= 0.3 is 0 Å². The molecule has 0 spiro atoms. The molecule has 0 heterocycles. The van der Waals surface area contributed by atoms with Crippen LogP contribution in [0.3, 0.4) is 0 Å². The predicted molar refractivity (Wildman–Crippen MR) is 70.0 cm³/mol. The van der Waals surface area contributed by atoms with Gasteiger partial charge in [-0.15, -0.1) is 11.6 Å². The summed E-state index contributed by atoms with van der Waals surface area (Å²) in [4.78, 5) is 0. The summed E-state index contributed by atoms with van der Waals surface area (Å²) in [6, 6.07) is 3.89. The van der Waals surface area contributed by atoms with Crippen LogP contribution >= 0.6 is 59.4 Å². The molecular weight excluding hydrogens is 399 g/mol. The molecule has 1 aromatic carbocycles. The monoisotopic (exact) mass is 404 g/mol. The SMILES string of the molecule is OC(CCl)Cc1c(Br)cc(Br)cc1Br. The van der Waals surface area contributed by atoms with E-state index in [4.69, 9.17) is 11.6 Å². The van der Waals surface area contributed by atoms with Crippen LogP contribution in [0.25, 0.3) is 0 Å². The Labute approximate surface area is 113 Å². The number of aliphatic hydroxyl groups is 1. The van der Waals surface area contributed by atoms with Crippen LogP contribution in [0, 0.1) is 0 Å². The fourth-order valence-corrected chi connectivity index (χ4v) is 3.75. The molecule has 0 saturated heterocycles. The number of hydrogen-bond donors (Lipinski definition) is 1. The van der Waals surface area contributed by atoms with Crippen molar-refractivity contribution in [1.29, 1.82) is 0 Å². The predicted octanol–water partition coefficient (Wildman–Crippen LogP) is 4.12. The topological polar surface area (TPSA) is 20.2 Å². The Morgan fingerprint density at radius 1 is 1.21 bits per heavy atom. The summed E-state index contributed by atoms with van der Waals surface area (Å²) in [6.07, 6.45) is 0.0308. The van der Waals surface area contributed by atoms with Crippen molar-refractivity contribution in [2.24, 2.45) is 0 Å². The second-order valence-corrected chi connectivity index (χ2v) is 5.79. The Morgan fingerprint density at radius 3 is 2.14 bits per heavy atom. The van der Waals surface area contributed by atoms with Crippen molar-refractivity contribution in [3.8, 4) is 0 Å². The molecular formula is C9H8Br3ClO. The van der Waals surface area contributed by atoms with E-state index in [0.29, 0.717) is 6.42 Å². The van der Waals surface area contributed by atoms with Gasteiger partial charge < -0.3 is 5.11 Å². The van der Waals surface area contributed by atoms with Gasteiger partial charge in [-0.2, -0.15) is 0 Å². The van der Waals surface area contributed by atoms with Crippen LogP contribution in [0.15, 0.2) is 25.6 Å². The minimum Gasteiger partial charge on any atom is -0.392 e. The van der Waals surface area contributed by atoms with Crippen LogP contribution in [-0.2, 0) is 6.42 Å². The Bertz CT molecular complexity index is 307. The minimum atomic E-state index is -0.509. The highest BCUT2D eigenvalue weighted by Gasteiger charge is 2.11. The summed E-state index contributed by atoms with van der Waals surface area (Å²) in [7, 11) is 0. The summed E-state index contributed by atoms with van der Waals surface area (Å²) >= 11 is 15.8. The lowest BCUT2D eigenvalue weighted by Crippen LogP contribution is -2.12. The summed E-state index contributed by atoms with van der Waals surface area (Å²) < 4.78 is 2.91. The minimum absolute atomic E-state index is 0.245. The average molecular weight is 407 g/mol. The fraction of sp³-hybridized carbons (Fsp3) is 0.333. The molecule has 0 amide bonds. The maximum absolute atomic E-state index is 9.44. The van der Waals surface area contributed by atoms with Gasteiger partial charge in [0.1, 0.15) is 0 Å². The lowest BCUT2D eigenvalue weighted by Gasteiger charge is -2.11. The van der Waals surface area contributed by atoms with Crippen LogP contribution in [0.1, 0.15) is 5.56 Å². The third-order valence-corrected chi connectivity index (χ3v) is 3.95. The first-order chi connectivity index (χ1) is 6.54. The maximum atomic E-state index is 9.44. The van der Waals surface area contributed by atoms with Crippen molar-refractivity contribution < 1.29 is 5.11 Å². The maximum Gasteiger partial charge on any atom is 0.0716 e. The molecule has 0 saturated carbocycles. The molecule has 14 heavy (non-hydrogen) atoms. The Morgan fingerprint density at radius 2 is 1.71 bits per heavy atom. The van der Waals surface area contributed by atoms with Crippen LogP contribution in [0.5, 0.6) is 0 Å². The van der Waals surface area contributed by atoms with Gasteiger partial charge in [0.25, 0.3) is 0 Å². The van der Waals surface area contributed by atoms with E-state index >= 15 is 0 Å². The van der Waals surface area contributed by atoms with Gasteiger partial charge in [-0.05, 0) is 17.7 Å². The molecule has 78 valence electrons. The smallest absolute Gasteiger partial charge is 0.0716 e. The molecule has 5 heteroatoms. The highest BCUT2D eigenvalue weighted by atomic mass is 79.9. The molecule has 0 aliphatic carbocycles. The second kappa shape index (κ2) is 5.85. The zero-order chi connectivity index (χ0) is 10.7.